The van der Waals surface area contributed by atoms with Gasteiger partial charge in [-0.3, -0.25) is 4.79 Å². The highest BCUT2D eigenvalue weighted by molar-refractivity contribution is 6.33. The third-order valence-electron chi connectivity index (χ3n) is 2.80. The Balaban J connectivity index is 2.34. The fourth-order valence-corrected chi connectivity index (χ4v) is 1.84. The number of hydrogen-bond donors (Lipinski definition) is 2. The minimum Gasteiger partial charge on any atom is -0.385 e. The summed E-state index contributed by atoms with van der Waals surface area (Å²) in [6.45, 7) is 3.93. The Labute approximate surface area is 128 Å². The molecule has 2 rings (SSSR count). The number of rotatable bonds is 4. The summed E-state index contributed by atoms with van der Waals surface area (Å²) in [5.41, 5.74) is 0.807. The van der Waals surface area contributed by atoms with Gasteiger partial charge in [-0.1, -0.05) is 25.4 Å². The summed E-state index contributed by atoms with van der Waals surface area (Å²) in [6, 6.07) is 3.35. The Hall–Kier alpha value is -2.21. The van der Waals surface area contributed by atoms with Gasteiger partial charge >= 0.3 is 0 Å². The number of anilines is 2. The van der Waals surface area contributed by atoms with Gasteiger partial charge in [-0.05, 0) is 12.1 Å². The number of nitrogens with zero attached hydrogens (tertiary/aromatic N) is 3. The van der Waals surface area contributed by atoms with Gasteiger partial charge in [0.1, 0.15) is 5.82 Å². The number of nitrogens with one attached hydrogen (secondary N) is 2. The van der Waals surface area contributed by atoms with Crippen molar-refractivity contribution in [1.29, 1.82) is 0 Å². The zero-order chi connectivity index (χ0) is 15.4. The second kappa shape index (κ2) is 6.49. The molecule has 0 saturated carbocycles. The number of carbonyl (C=O) groups is 1. The molecule has 2 heterocycles. The molecule has 21 heavy (non-hydrogen) atoms. The molecule has 0 aliphatic heterocycles. The molecule has 0 fully saturated rings. The van der Waals surface area contributed by atoms with E-state index in [1.165, 1.54) is 0 Å². The lowest BCUT2D eigenvalue weighted by molar-refractivity contribution is 0.102. The molecule has 2 aromatic heterocycles. The van der Waals surface area contributed by atoms with Crippen molar-refractivity contribution in [2.45, 2.75) is 19.8 Å². The van der Waals surface area contributed by atoms with Crippen molar-refractivity contribution in [3.05, 3.63) is 41.1 Å². The van der Waals surface area contributed by atoms with E-state index in [1.54, 1.807) is 31.6 Å². The van der Waals surface area contributed by atoms with Gasteiger partial charge in [-0.15, -0.1) is 0 Å². The van der Waals surface area contributed by atoms with Crippen molar-refractivity contribution in [3.8, 4) is 0 Å². The van der Waals surface area contributed by atoms with E-state index in [0.717, 1.165) is 0 Å². The summed E-state index contributed by atoms with van der Waals surface area (Å²) in [5, 5.41) is 5.93. The topological polar surface area (TPSA) is 79.8 Å². The summed E-state index contributed by atoms with van der Waals surface area (Å²) in [7, 11) is 1.71. The SMILES string of the molecule is CNc1cnc(C(C)C)nc1C(=O)Nc1ncccc1Cl. The summed E-state index contributed by atoms with van der Waals surface area (Å²) in [4.78, 5) is 24.9. The fraction of sp³-hybridized carbons (Fsp3) is 0.286. The zero-order valence-electron chi connectivity index (χ0n) is 12.0. The molecule has 0 aliphatic carbocycles. The number of amides is 1. The van der Waals surface area contributed by atoms with Gasteiger partial charge in [-0.2, -0.15) is 0 Å². The van der Waals surface area contributed by atoms with Crippen LogP contribution in [0.25, 0.3) is 0 Å². The van der Waals surface area contributed by atoms with Crippen molar-refractivity contribution in [1.82, 2.24) is 15.0 Å². The molecule has 110 valence electrons. The maximum absolute atomic E-state index is 12.4. The van der Waals surface area contributed by atoms with Gasteiger partial charge in [0.15, 0.2) is 11.5 Å². The van der Waals surface area contributed by atoms with Crippen LogP contribution in [0.2, 0.25) is 5.02 Å². The predicted molar refractivity (Wildman–Crippen MR) is 82.9 cm³/mol. The monoisotopic (exact) mass is 305 g/mol. The molecule has 1 amide bonds. The minimum absolute atomic E-state index is 0.126. The Bertz CT molecular complexity index is 660. The Morgan fingerprint density at radius 3 is 2.71 bits per heavy atom. The molecule has 0 aliphatic rings. The number of carbonyl (C=O) groups excluding carboxylic acids is 1. The van der Waals surface area contributed by atoms with E-state index in [9.17, 15) is 4.79 Å². The number of aromatic nitrogens is 3. The molecular formula is C14H16ClN5O. The fourth-order valence-electron chi connectivity index (χ4n) is 1.67. The summed E-state index contributed by atoms with van der Waals surface area (Å²) in [6.07, 6.45) is 3.15. The van der Waals surface area contributed by atoms with Crippen LogP contribution < -0.4 is 10.6 Å². The van der Waals surface area contributed by atoms with Crippen LogP contribution in [0, 0.1) is 0 Å². The molecule has 6 nitrogen and oxygen atoms in total. The first-order valence-corrected chi connectivity index (χ1v) is 6.87. The number of hydrogen-bond acceptors (Lipinski definition) is 5. The molecule has 7 heteroatoms. The largest absolute Gasteiger partial charge is 0.385 e. The van der Waals surface area contributed by atoms with Gasteiger partial charge in [-0.25, -0.2) is 15.0 Å². The van der Waals surface area contributed by atoms with E-state index >= 15 is 0 Å². The molecule has 2 aromatic rings. The van der Waals surface area contributed by atoms with Crippen LogP contribution in [-0.2, 0) is 0 Å². The van der Waals surface area contributed by atoms with Crippen LogP contribution in [0.1, 0.15) is 36.1 Å². The highest BCUT2D eigenvalue weighted by atomic mass is 35.5. The third kappa shape index (κ3) is 3.46. The molecule has 0 radical (unpaired) electrons. The van der Waals surface area contributed by atoms with Crippen LogP contribution in [0.3, 0.4) is 0 Å². The lowest BCUT2D eigenvalue weighted by atomic mass is 10.2. The highest BCUT2D eigenvalue weighted by Crippen LogP contribution is 2.20. The Morgan fingerprint density at radius 1 is 1.33 bits per heavy atom. The Morgan fingerprint density at radius 2 is 2.10 bits per heavy atom. The van der Waals surface area contributed by atoms with E-state index in [1.807, 2.05) is 13.8 Å². The Kier molecular flexibility index (Phi) is 4.70. The smallest absolute Gasteiger partial charge is 0.277 e. The van der Waals surface area contributed by atoms with Crippen molar-refractivity contribution in [3.63, 3.8) is 0 Å². The third-order valence-corrected chi connectivity index (χ3v) is 3.10. The van der Waals surface area contributed by atoms with Gasteiger partial charge in [0.05, 0.1) is 16.9 Å². The second-order valence-corrected chi connectivity index (χ2v) is 5.09. The van der Waals surface area contributed by atoms with Crippen molar-refractivity contribution in [2.24, 2.45) is 0 Å². The lowest BCUT2D eigenvalue weighted by Crippen LogP contribution is -2.18. The maximum Gasteiger partial charge on any atom is 0.277 e. The number of pyridine rings is 1. The maximum atomic E-state index is 12.4. The van der Waals surface area contributed by atoms with E-state index in [-0.39, 0.29) is 17.5 Å². The molecule has 0 aromatic carbocycles. The van der Waals surface area contributed by atoms with Gasteiger partial charge in [0, 0.05) is 19.2 Å². The second-order valence-electron chi connectivity index (χ2n) is 4.68. The van der Waals surface area contributed by atoms with E-state index in [4.69, 9.17) is 11.6 Å². The summed E-state index contributed by atoms with van der Waals surface area (Å²) < 4.78 is 0. The van der Waals surface area contributed by atoms with E-state index in [0.29, 0.717) is 22.4 Å². The van der Waals surface area contributed by atoms with Crippen molar-refractivity contribution >= 4 is 29.0 Å². The molecular weight excluding hydrogens is 290 g/mol. The highest BCUT2D eigenvalue weighted by Gasteiger charge is 2.17. The average molecular weight is 306 g/mol. The molecule has 0 atom stereocenters. The van der Waals surface area contributed by atoms with Gasteiger partial charge in [0.25, 0.3) is 5.91 Å². The van der Waals surface area contributed by atoms with Crippen LogP contribution in [0.4, 0.5) is 11.5 Å². The normalized spacial score (nSPS) is 10.5. The molecule has 2 N–H and O–H groups in total. The van der Waals surface area contributed by atoms with Crippen molar-refractivity contribution < 1.29 is 4.79 Å². The van der Waals surface area contributed by atoms with Crippen LogP contribution in [-0.4, -0.2) is 27.9 Å². The van der Waals surface area contributed by atoms with Gasteiger partial charge < -0.3 is 10.6 Å². The van der Waals surface area contributed by atoms with Crippen molar-refractivity contribution in [2.75, 3.05) is 17.7 Å². The minimum atomic E-state index is -0.385. The standard InChI is InChI=1S/C14H16ClN5O/c1-8(2)12-18-7-10(16-3)11(19-12)14(21)20-13-9(15)5-4-6-17-13/h4-8,16H,1-3H3,(H,17,20,21). The summed E-state index contributed by atoms with van der Waals surface area (Å²) >= 11 is 5.99. The zero-order valence-corrected chi connectivity index (χ0v) is 12.8. The van der Waals surface area contributed by atoms with Gasteiger partial charge in [0.2, 0.25) is 0 Å². The molecule has 0 bridgehead atoms. The first kappa shape index (κ1) is 15.2. The number of halogens is 1. The van der Waals surface area contributed by atoms with Crippen LogP contribution >= 0.6 is 11.6 Å². The van der Waals surface area contributed by atoms with Crippen LogP contribution in [0.5, 0.6) is 0 Å². The summed E-state index contributed by atoms with van der Waals surface area (Å²) in [5.74, 6) is 0.646. The first-order valence-electron chi connectivity index (χ1n) is 6.49. The predicted octanol–water partition coefficient (Wildman–Crippen LogP) is 2.94. The van der Waals surface area contributed by atoms with E-state index < -0.39 is 0 Å². The molecule has 0 spiro atoms. The quantitative estimate of drug-likeness (QED) is 0.908. The molecule has 0 saturated heterocycles. The van der Waals surface area contributed by atoms with Crippen LogP contribution in [0.15, 0.2) is 24.5 Å². The first-order chi connectivity index (χ1) is 10.0. The average Bonchev–Trinajstić information content (AvgIpc) is 2.48. The lowest BCUT2D eigenvalue weighted by Gasteiger charge is -2.11. The molecule has 0 unspecified atom stereocenters. The van der Waals surface area contributed by atoms with E-state index in [2.05, 4.69) is 25.6 Å².